The van der Waals surface area contributed by atoms with E-state index in [9.17, 15) is 0 Å². The van der Waals surface area contributed by atoms with Crippen molar-refractivity contribution in [2.75, 3.05) is 12.8 Å². The summed E-state index contributed by atoms with van der Waals surface area (Å²) >= 11 is 1.55. The Labute approximate surface area is 121 Å². The Morgan fingerprint density at radius 2 is 2.10 bits per heavy atom. The Bertz CT molecular complexity index is 752. The minimum absolute atomic E-state index is 0.260. The summed E-state index contributed by atoms with van der Waals surface area (Å²) in [5.74, 6) is 0. The normalized spacial score (nSPS) is 13.2. The summed E-state index contributed by atoms with van der Waals surface area (Å²) in [6, 6.07) is 4.37. The summed E-state index contributed by atoms with van der Waals surface area (Å²) in [7, 11) is 0. The van der Waals surface area contributed by atoms with E-state index in [0.29, 0.717) is 6.54 Å². The van der Waals surface area contributed by atoms with Crippen LogP contribution < -0.4 is 5.73 Å². The van der Waals surface area contributed by atoms with Crippen LogP contribution in [0, 0.1) is 0 Å². The average Bonchev–Trinajstić information content (AvgIpc) is 2.91. The van der Waals surface area contributed by atoms with E-state index in [1.165, 1.54) is 0 Å². The zero-order chi connectivity index (χ0) is 14.1. The fraction of sp³-hybridized carbons (Fsp3) is 0.357. The van der Waals surface area contributed by atoms with Gasteiger partial charge in [0, 0.05) is 17.0 Å². The molecule has 0 saturated heterocycles. The molecule has 2 heterocycles. The summed E-state index contributed by atoms with van der Waals surface area (Å²) in [6.07, 6.45) is 6.64. The van der Waals surface area contributed by atoms with Gasteiger partial charge in [0.2, 0.25) is 0 Å². The van der Waals surface area contributed by atoms with E-state index in [1.54, 1.807) is 11.8 Å². The minimum Gasteiger partial charge on any atom is -0.330 e. The van der Waals surface area contributed by atoms with Crippen LogP contribution in [0.15, 0.2) is 29.7 Å². The molecule has 3 aromatic rings. The zero-order valence-corrected chi connectivity index (χ0v) is 12.4. The number of benzene rings is 1. The van der Waals surface area contributed by atoms with Crippen LogP contribution >= 0.6 is 11.8 Å². The fourth-order valence-electron chi connectivity index (χ4n) is 2.40. The van der Waals surface area contributed by atoms with Gasteiger partial charge in [-0.1, -0.05) is 23.9 Å². The predicted octanol–water partition coefficient (Wildman–Crippen LogP) is 2.61. The third-order valence-electron chi connectivity index (χ3n) is 3.47. The molecule has 0 bridgehead atoms. The highest BCUT2D eigenvalue weighted by Gasteiger charge is 2.13. The van der Waals surface area contributed by atoms with Crippen molar-refractivity contribution in [3.8, 4) is 0 Å². The van der Waals surface area contributed by atoms with Crippen LogP contribution in [-0.2, 0) is 0 Å². The molecule has 5 nitrogen and oxygen atoms in total. The third-order valence-corrected chi connectivity index (χ3v) is 4.03. The fourth-order valence-corrected chi connectivity index (χ4v) is 2.75. The molecule has 0 saturated carbocycles. The lowest BCUT2D eigenvalue weighted by molar-refractivity contribution is 0.480. The van der Waals surface area contributed by atoms with E-state index in [2.05, 4.69) is 28.1 Å². The Morgan fingerprint density at radius 3 is 2.85 bits per heavy atom. The Balaban J connectivity index is 2.29. The molecule has 0 aliphatic rings. The maximum absolute atomic E-state index is 5.67. The first kappa shape index (κ1) is 13.3. The first-order valence-electron chi connectivity index (χ1n) is 6.61. The second-order valence-corrected chi connectivity index (χ2v) is 5.59. The van der Waals surface area contributed by atoms with E-state index < -0.39 is 0 Å². The van der Waals surface area contributed by atoms with Crippen molar-refractivity contribution >= 4 is 33.6 Å². The molecule has 0 radical (unpaired) electrons. The van der Waals surface area contributed by atoms with Crippen LogP contribution in [0.4, 0.5) is 0 Å². The number of nitrogens with zero attached hydrogens (tertiary/aromatic N) is 4. The smallest absolute Gasteiger partial charge is 0.187 e. The highest BCUT2D eigenvalue weighted by atomic mass is 32.2. The Kier molecular flexibility index (Phi) is 3.58. The molecule has 20 heavy (non-hydrogen) atoms. The number of hydrogen-bond donors (Lipinski definition) is 1. The quantitative estimate of drug-likeness (QED) is 0.590. The van der Waals surface area contributed by atoms with Crippen LogP contribution in [0.1, 0.15) is 19.4 Å². The lowest BCUT2D eigenvalue weighted by atomic mass is 10.1. The summed E-state index contributed by atoms with van der Waals surface area (Å²) in [5.41, 5.74) is 7.70. The van der Waals surface area contributed by atoms with E-state index in [1.807, 2.05) is 29.4 Å². The molecule has 2 aromatic heterocycles. The van der Waals surface area contributed by atoms with Gasteiger partial charge in [-0.25, -0.2) is 9.97 Å². The van der Waals surface area contributed by atoms with Gasteiger partial charge in [0.05, 0.1) is 17.8 Å². The Morgan fingerprint density at radius 1 is 1.30 bits per heavy atom. The van der Waals surface area contributed by atoms with Crippen LogP contribution in [0.2, 0.25) is 0 Å². The van der Waals surface area contributed by atoms with Gasteiger partial charge < -0.3 is 5.73 Å². The molecule has 0 spiro atoms. The van der Waals surface area contributed by atoms with E-state index >= 15 is 0 Å². The van der Waals surface area contributed by atoms with Gasteiger partial charge >= 0.3 is 0 Å². The van der Waals surface area contributed by atoms with Gasteiger partial charge in [-0.2, -0.15) is 5.10 Å². The van der Waals surface area contributed by atoms with Crippen molar-refractivity contribution in [3.63, 3.8) is 0 Å². The standard InChI is InChI=1S/C14H17N5S/c1-9(5-6-15)19-13-11(8-17-19)4-3-10-7-16-14(20-2)18-12(10)13/h3-4,7-9H,5-6,15H2,1-2H3. The van der Waals surface area contributed by atoms with E-state index in [-0.39, 0.29) is 6.04 Å². The molecular weight excluding hydrogens is 270 g/mol. The summed E-state index contributed by atoms with van der Waals surface area (Å²) < 4.78 is 2.03. The monoisotopic (exact) mass is 287 g/mol. The molecule has 104 valence electrons. The van der Waals surface area contributed by atoms with Crippen molar-refractivity contribution in [1.82, 2.24) is 19.7 Å². The molecule has 0 fully saturated rings. The highest BCUT2D eigenvalue weighted by Crippen LogP contribution is 2.27. The SMILES string of the molecule is CSc1ncc2ccc3cnn(C(C)CCN)c3c2n1. The van der Waals surface area contributed by atoms with Gasteiger partial charge in [0.25, 0.3) is 0 Å². The molecule has 1 unspecified atom stereocenters. The van der Waals surface area contributed by atoms with E-state index in [4.69, 9.17) is 5.73 Å². The predicted molar refractivity (Wildman–Crippen MR) is 83.0 cm³/mol. The van der Waals surface area contributed by atoms with Crippen molar-refractivity contribution in [3.05, 3.63) is 24.5 Å². The molecule has 3 rings (SSSR count). The van der Waals surface area contributed by atoms with Crippen LogP contribution in [0.25, 0.3) is 21.8 Å². The first-order chi connectivity index (χ1) is 9.74. The molecule has 6 heteroatoms. The van der Waals surface area contributed by atoms with E-state index in [0.717, 1.165) is 33.4 Å². The van der Waals surface area contributed by atoms with Crippen LogP contribution in [-0.4, -0.2) is 32.5 Å². The highest BCUT2D eigenvalue weighted by molar-refractivity contribution is 7.98. The largest absolute Gasteiger partial charge is 0.330 e. The maximum Gasteiger partial charge on any atom is 0.187 e. The molecule has 0 aliphatic heterocycles. The molecular formula is C14H17N5S. The summed E-state index contributed by atoms with van der Waals surface area (Å²) in [5, 5.41) is 7.44. The molecule has 0 amide bonds. The second-order valence-electron chi connectivity index (χ2n) is 4.81. The number of nitrogens with two attached hydrogens (primary N) is 1. The van der Waals surface area contributed by atoms with Gasteiger partial charge in [-0.3, -0.25) is 4.68 Å². The number of hydrogen-bond acceptors (Lipinski definition) is 5. The maximum atomic E-state index is 5.67. The van der Waals surface area contributed by atoms with Gasteiger partial charge in [-0.15, -0.1) is 0 Å². The third kappa shape index (κ3) is 2.14. The number of aromatic nitrogens is 4. The van der Waals surface area contributed by atoms with Crippen LogP contribution in [0.5, 0.6) is 0 Å². The Hall–Kier alpha value is -1.66. The number of thioether (sulfide) groups is 1. The first-order valence-corrected chi connectivity index (χ1v) is 7.84. The van der Waals surface area contributed by atoms with Gasteiger partial charge in [0.15, 0.2) is 5.16 Å². The molecule has 1 atom stereocenters. The van der Waals surface area contributed by atoms with Crippen LogP contribution in [0.3, 0.4) is 0 Å². The zero-order valence-electron chi connectivity index (χ0n) is 11.6. The topological polar surface area (TPSA) is 69.6 Å². The van der Waals surface area contributed by atoms with Gasteiger partial charge in [-0.05, 0) is 26.1 Å². The lowest BCUT2D eigenvalue weighted by Gasteiger charge is -2.13. The number of rotatable bonds is 4. The summed E-state index contributed by atoms with van der Waals surface area (Å²) in [4.78, 5) is 8.99. The van der Waals surface area contributed by atoms with Crippen molar-refractivity contribution in [2.24, 2.45) is 5.73 Å². The van der Waals surface area contributed by atoms with Crippen molar-refractivity contribution in [1.29, 1.82) is 0 Å². The van der Waals surface area contributed by atoms with Crippen molar-refractivity contribution < 1.29 is 0 Å². The average molecular weight is 287 g/mol. The molecule has 2 N–H and O–H groups in total. The second kappa shape index (κ2) is 5.38. The lowest BCUT2D eigenvalue weighted by Crippen LogP contribution is -2.12. The van der Waals surface area contributed by atoms with Gasteiger partial charge in [0.1, 0.15) is 5.52 Å². The number of fused-ring (bicyclic) bond motifs is 3. The summed E-state index contributed by atoms with van der Waals surface area (Å²) in [6.45, 7) is 2.78. The molecule has 0 aliphatic carbocycles. The minimum atomic E-state index is 0.260. The molecule has 1 aromatic carbocycles. The van der Waals surface area contributed by atoms with Crippen molar-refractivity contribution in [2.45, 2.75) is 24.5 Å².